The minimum atomic E-state index is -0.299. The Bertz CT molecular complexity index is 798. The first kappa shape index (κ1) is 12.4. The van der Waals surface area contributed by atoms with Gasteiger partial charge < -0.3 is 4.42 Å². The fraction of sp³-hybridized carbons (Fsp3) is 0.0556. The normalized spacial score (nSPS) is 11.2. The molecule has 0 atom stereocenters. The molecule has 0 spiro atoms. The van der Waals surface area contributed by atoms with Gasteiger partial charge in [0.1, 0.15) is 5.58 Å². The highest BCUT2D eigenvalue weighted by atomic mass is 16.4. The molecule has 0 saturated heterocycles. The van der Waals surface area contributed by atoms with Crippen molar-refractivity contribution in [1.29, 1.82) is 0 Å². The SMILES string of the molecule is O=c1cc(C/C=C/c2ccccc2)c2ccccc2o1. The molecule has 20 heavy (non-hydrogen) atoms. The molecule has 0 aliphatic rings. The largest absolute Gasteiger partial charge is 0.423 e. The summed E-state index contributed by atoms with van der Waals surface area (Å²) in [5.74, 6) is 0. The molecule has 0 aliphatic carbocycles. The minimum absolute atomic E-state index is 0.299. The molecule has 0 N–H and O–H groups in total. The first-order valence-electron chi connectivity index (χ1n) is 6.56. The second kappa shape index (κ2) is 5.57. The van der Waals surface area contributed by atoms with E-state index in [2.05, 4.69) is 12.2 Å². The summed E-state index contributed by atoms with van der Waals surface area (Å²) in [5.41, 5.74) is 2.48. The van der Waals surface area contributed by atoms with Crippen LogP contribution in [0.1, 0.15) is 11.1 Å². The molecule has 1 heterocycles. The minimum Gasteiger partial charge on any atom is -0.423 e. The van der Waals surface area contributed by atoms with Gasteiger partial charge in [-0.3, -0.25) is 0 Å². The second-order valence-corrected chi connectivity index (χ2v) is 4.60. The van der Waals surface area contributed by atoms with Crippen molar-refractivity contribution in [3.8, 4) is 0 Å². The average molecular weight is 262 g/mol. The number of allylic oxidation sites excluding steroid dienone is 1. The van der Waals surface area contributed by atoms with Crippen molar-refractivity contribution >= 4 is 17.0 Å². The molecule has 2 nitrogen and oxygen atoms in total. The van der Waals surface area contributed by atoms with E-state index >= 15 is 0 Å². The van der Waals surface area contributed by atoms with Crippen LogP contribution in [-0.4, -0.2) is 0 Å². The van der Waals surface area contributed by atoms with Crippen molar-refractivity contribution in [2.24, 2.45) is 0 Å². The number of hydrogen-bond donors (Lipinski definition) is 0. The molecule has 0 unspecified atom stereocenters. The van der Waals surface area contributed by atoms with Crippen LogP contribution in [-0.2, 0) is 6.42 Å². The highest BCUT2D eigenvalue weighted by Gasteiger charge is 2.02. The van der Waals surface area contributed by atoms with Gasteiger partial charge in [0.15, 0.2) is 0 Å². The Labute approximate surface area is 117 Å². The Morgan fingerprint density at radius 2 is 1.70 bits per heavy atom. The summed E-state index contributed by atoms with van der Waals surface area (Å²) >= 11 is 0. The Morgan fingerprint density at radius 3 is 2.55 bits per heavy atom. The van der Waals surface area contributed by atoms with Gasteiger partial charge in [-0.25, -0.2) is 4.79 Å². The molecule has 3 aromatic rings. The predicted molar refractivity (Wildman–Crippen MR) is 81.7 cm³/mol. The van der Waals surface area contributed by atoms with Crippen LogP contribution >= 0.6 is 0 Å². The Kier molecular flexibility index (Phi) is 3.46. The predicted octanol–water partition coefficient (Wildman–Crippen LogP) is 4.05. The topological polar surface area (TPSA) is 30.2 Å². The average Bonchev–Trinajstić information content (AvgIpc) is 2.48. The van der Waals surface area contributed by atoms with E-state index < -0.39 is 0 Å². The van der Waals surface area contributed by atoms with Gasteiger partial charge in [0.05, 0.1) is 0 Å². The molecular weight excluding hydrogens is 248 g/mol. The smallest absolute Gasteiger partial charge is 0.336 e. The highest BCUT2D eigenvalue weighted by Crippen LogP contribution is 2.17. The van der Waals surface area contributed by atoms with Crippen LogP contribution in [0.25, 0.3) is 17.0 Å². The maximum absolute atomic E-state index is 11.5. The van der Waals surface area contributed by atoms with Gasteiger partial charge in [-0.2, -0.15) is 0 Å². The standard InChI is InChI=1S/C18H14O2/c19-18-13-15(16-11-4-5-12-17(16)20-18)10-6-9-14-7-2-1-3-8-14/h1-9,11-13H,10H2/b9-6+. The summed E-state index contributed by atoms with van der Waals surface area (Å²) in [6.07, 6.45) is 4.83. The van der Waals surface area contributed by atoms with E-state index in [0.717, 1.165) is 16.5 Å². The molecular formula is C18H14O2. The molecule has 0 bridgehead atoms. The molecule has 0 amide bonds. The van der Waals surface area contributed by atoms with E-state index in [1.807, 2.05) is 54.6 Å². The zero-order valence-electron chi connectivity index (χ0n) is 11.0. The monoisotopic (exact) mass is 262 g/mol. The fourth-order valence-electron chi connectivity index (χ4n) is 2.23. The van der Waals surface area contributed by atoms with Crippen LogP contribution < -0.4 is 5.63 Å². The molecule has 0 fully saturated rings. The number of fused-ring (bicyclic) bond motifs is 1. The number of hydrogen-bond acceptors (Lipinski definition) is 2. The zero-order valence-corrected chi connectivity index (χ0v) is 11.0. The van der Waals surface area contributed by atoms with Gasteiger partial charge >= 0.3 is 5.63 Å². The summed E-state index contributed by atoms with van der Waals surface area (Å²) in [6, 6.07) is 19.3. The molecule has 1 aromatic heterocycles. The maximum Gasteiger partial charge on any atom is 0.336 e. The van der Waals surface area contributed by atoms with E-state index in [-0.39, 0.29) is 5.63 Å². The molecule has 3 rings (SSSR count). The summed E-state index contributed by atoms with van der Waals surface area (Å²) in [6.45, 7) is 0. The van der Waals surface area contributed by atoms with Crippen molar-refractivity contribution in [2.75, 3.05) is 0 Å². The van der Waals surface area contributed by atoms with Crippen LogP contribution in [0.3, 0.4) is 0 Å². The van der Waals surface area contributed by atoms with Crippen LogP contribution in [0.4, 0.5) is 0 Å². The lowest BCUT2D eigenvalue weighted by atomic mass is 10.1. The van der Waals surface area contributed by atoms with E-state index in [1.165, 1.54) is 0 Å². The van der Waals surface area contributed by atoms with Crippen molar-refractivity contribution in [1.82, 2.24) is 0 Å². The van der Waals surface area contributed by atoms with Crippen LogP contribution in [0.2, 0.25) is 0 Å². The molecule has 0 saturated carbocycles. The lowest BCUT2D eigenvalue weighted by Gasteiger charge is -2.02. The van der Waals surface area contributed by atoms with E-state index in [1.54, 1.807) is 6.07 Å². The Hall–Kier alpha value is -2.61. The third-order valence-corrected chi connectivity index (χ3v) is 3.18. The first-order valence-corrected chi connectivity index (χ1v) is 6.56. The van der Waals surface area contributed by atoms with Gasteiger partial charge in [0.2, 0.25) is 0 Å². The summed E-state index contributed by atoms with van der Waals surface area (Å²) in [7, 11) is 0. The van der Waals surface area contributed by atoms with E-state index in [0.29, 0.717) is 12.0 Å². The highest BCUT2D eigenvalue weighted by molar-refractivity contribution is 5.80. The first-order chi connectivity index (χ1) is 9.83. The van der Waals surface area contributed by atoms with E-state index in [9.17, 15) is 4.79 Å². The molecule has 0 aliphatic heterocycles. The summed E-state index contributed by atoms with van der Waals surface area (Å²) in [4.78, 5) is 11.5. The number of rotatable bonds is 3. The Morgan fingerprint density at radius 1 is 0.950 bits per heavy atom. The maximum atomic E-state index is 11.5. The molecule has 0 radical (unpaired) electrons. The molecule has 2 aromatic carbocycles. The van der Waals surface area contributed by atoms with Gasteiger partial charge in [0.25, 0.3) is 0 Å². The van der Waals surface area contributed by atoms with Crippen LogP contribution in [0.15, 0.2) is 76.0 Å². The molecule has 2 heteroatoms. The van der Waals surface area contributed by atoms with Gasteiger partial charge in [-0.1, -0.05) is 60.7 Å². The van der Waals surface area contributed by atoms with Crippen molar-refractivity contribution in [2.45, 2.75) is 6.42 Å². The second-order valence-electron chi connectivity index (χ2n) is 4.60. The third kappa shape index (κ3) is 2.69. The Balaban J connectivity index is 1.91. The van der Waals surface area contributed by atoms with Gasteiger partial charge in [0, 0.05) is 11.5 Å². The van der Waals surface area contributed by atoms with Crippen molar-refractivity contribution in [3.05, 3.63) is 88.3 Å². The van der Waals surface area contributed by atoms with Crippen molar-refractivity contribution < 1.29 is 4.42 Å². The molecule has 98 valence electrons. The number of benzene rings is 2. The van der Waals surface area contributed by atoms with Crippen LogP contribution in [0, 0.1) is 0 Å². The van der Waals surface area contributed by atoms with E-state index in [4.69, 9.17) is 4.42 Å². The lowest BCUT2D eigenvalue weighted by molar-refractivity contribution is 0.559. The van der Waals surface area contributed by atoms with Gasteiger partial charge in [-0.05, 0) is 23.6 Å². The van der Waals surface area contributed by atoms with Crippen molar-refractivity contribution in [3.63, 3.8) is 0 Å². The summed E-state index contributed by atoms with van der Waals surface area (Å²) in [5, 5.41) is 0.991. The van der Waals surface area contributed by atoms with Gasteiger partial charge in [-0.15, -0.1) is 0 Å². The zero-order chi connectivity index (χ0) is 13.8. The third-order valence-electron chi connectivity index (χ3n) is 3.18. The quantitative estimate of drug-likeness (QED) is 0.666. The summed E-state index contributed by atoms with van der Waals surface area (Å²) < 4.78 is 5.19. The lowest BCUT2D eigenvalue weighted by Crippen LogP contribution is -1.99. The number of para-hydroxylation sites is 1. The van der Waals surface area contributed by atoms with Crippen LogP contribution in [0.5, 0.6) is 0 Å². The fourth-order valence-corrected chi connectivity index (χ4v) is 2.23.